The molecule has 1 N–H and O–H groups in total. The van der Waals surface area contributed by atoms with Crippen LogP contribution >= 0.6 is 11.8 Å². The molecule has 0 atom stereocenters. The molecular weight excluding hydrogens is 289 g/mol. The lowest BCUT2D eigenvalue weighted by Crippen LogP contribution is -2.23. The monoisotopic (exact) mass is 309 g/mol. The fourth-order valence-electron chi connectivity index (χ4n) is 1.78. The Morgan fingerprint density at radius 3 is 2.90 bits per heavy atom. The van der Waals surface area contributed by atoms with Crippen LogP contribution in [0, 0.1) is 5.82 Å². The maximum absolute atomic E-state index is 13.5. The number of hydrogen-bond acceptors (Lipinski definition) is 5. The lowest BCUT2D eigenvalue weighted by molar-refractivity contribution is 0.370. The normalized spacial score (nSPS) is 11.2. The van der Waals surface area contributed by atoms with E-state index in [0.717, 1.165) is 19.4 Å². The molecule has 114 valence electrons. The maximum atomic E-state index is 13.5. The third-order valence-corrected chi connectivity index (χ3v) is 3.87. The molecule has 0 amide bonds. The van der Waals surface area contributed by atoms with E-state index in [1.54, 1.807) is 12.1 Å². The number of hydrogen-bond donors (Lipinski definition) is 1. The summed E-state index contributed by atoms with van der Waals surface area (Å²) < 4.78 is 18.7. The van der Waals surface area contributed by atoms with Gasteiger partial charge in [-0.2, -0.15) is 4.98 Å². The molecule has 6 heteroatoms. The number of nitrogens with one attached hydrogen (secondary N) is 1. The number of thioether (sulfide) groups is 1. The molecule has 1 heterocycles. The van der Waals surface area contributed by atoms with E-state index in [1.807, 2.05) is 6.07 Å². The molecule has 21 heavy (non-hydrogen) atoms. The van der Waals surface area contributed by atoms with Crippen LogP contribution in [0.5, 0.6) is 0 Å². The molecule has 0 saturated carbocycles. The van der Waals surface area contributed by atoms with Gasteiger partial charge in [-0.15, -0.1) is 11.8 Å². The summed E-state index contributed by atoms with van der Waals surface area (Å²) in [5.74, 6) is 1.54. The molecule has 0 aliphatic rings. The van der Waals surface area contributed by atoms with Gasteiger partial charge in [0.15, 0.2) is 5.82 Å². The summed E-state index contributed by atoms with van der Waals surface area (Å²) in [6.45, 7) is 5.16. The summed E-state index contributed by atoms with van der Waals surface area (Å²) in [4.78, 5) is 4.92. The highest BCUT2D eigenvalue weighted by Crippen LogP contribution is 2.24. The number of benzene rings is 1. The number of nitrogens with zero attached hydrogens (tertiary/aromatic N) is 2. The van der Waals surface area contributed by atoms with Crippen molar-refractivity contribution >= 4 is 11.8 Å². The van der Waals surface area contributed by atoms with Crippen LogP contribution in [0.25, 0.3) is 0 Å². The van der Waals surface area contributed by atoms with Crippen LogP contribution in [-0.4, -0.2) is 22.7 Å². The number of rotatable bonds is 8. The first-order valence-corrected chi connectivity index (χ1v) is 8.06. The summed E-state index contributed by atoms with van der Waals surface area (Å²) in [5.41, 5.74) is 0. The number of halogens is 1. The van der Waals surface area contributed by atoms with Crippen LogP contribution in [-0.2, 0) is 12.2 Å². The number of aryl methyl sites for hydroxylation is 1. The summed E-state index contributed by atoms with van der Waals surface area (Å²) >= 11 is 1.37. The molecule has 0 aliphatic heterocycles. The van der Waals surface area contributed by atoms with Crippen LogP contribution in [0.1, 0.15) is 32.0 Å². The van der Waals surface area contributed by atoms with Crippen molar-refractivity contribution in [3.8, 4) is 0 Å². The first-order chi connectivity index (χ1) is 10.1. The molecule has 0 aliphatic carbocycles. The topological polar surface area (TPSA) is 51.0 Å². The summed E-state index contributed by atoms with van der Waals surface area (Å²) in [6.07, 6.45) is 1.72. The highest BCUT2D eigenvalue weighted by Gasteiger charge is 2.08. The molecule has 0 spiro atoms. The van der Waals surface area contributed by atoms with Crippen molar-refractivity contribution in [3.63, 3.8) is 0 Å². The van der Waals surface area contributed by atoms with Crippen LogP contribution in [0.2, 0.25) is 0 Å². The van der Waals surface area contributed by atoms with E-state index in [0.29, 0.717) is 28.4 Å². The zero-order valence-electron chi connectivity index (χ0n) is 12.3. The minimum atomic E-state index is -0.217. The van der Waals surface area contributed by atoms with Crippen molar-refractivity contribution in [2.75, 3.05) is 6.54 Å². The highest BCUT2D eigenvalue weighted by atomic mass is 32.2. The molecule has 0 saturated heterocycles. The molecule has 1 aromatic heterocycles. The predicted molar refractivity (Wildman–Crippen MR) is 81.7 cm³/mol. The quantitative estimate of drug-likeness (QED) is 0.598. The average molecular weight is 309 g/mol. The van der Waals surface area contributed by atoms with Crippen molar-refractivity contribution < 1.29 is 8.91 Å². The SMILES string of the molecule is CC(C)NCCCc1nc(CSc2ccccc2F)no1. The fourth-order valence-corrected chi connectivity index (χ4v) is 2.57. The van der Waals surface area contributed by atoms with Gasteiger partial charge in [-0.1, -0.05) is 31.1 Å². The number of aromatic nitrogens is 2. The third kappa shape index (κ3) is 5.47. The van der Waals surface area contributed by atoms with Gasteiger partial charge >= 0.3 is 0 Å². The standard InChI is InChI=1S/C15H20FN3OS/c1-11(2)17-9-5-8-15-18-14(19-20-15)10-21-13-7-4-3-6-12(13)16/h3-4,6-7,11,17H,5,8-10H2,1-2H3. The Hall–Kier alpha value is -1.40. The second-order valence-corrected chi connectivity index (χ2v) is 6.05. The summed E-state index contributed by atoms with van der Waals surface area (Å²) in [5, 5.41) is 7.26. The van der Waals surface area contributed by atoms with E-state index < -0.39 is 0 Å². The second kappa shape index (κ2) is 8.14. The van der Waals surface area contributed by atoms with E-state index in [-0.39, 0.29) is 5.82 Å². The van der Waals surface area contributed by atoms with Gasteiger partial charge in [0.1, 0.15) is 5.82 Å². The van der Waals surface area contributed by atoms with E-state index in [2.05, 4.69) is 29.3 Å². The zero-order chi connectivity index (χ0) is 15.1. The van der Waals surface area contributed by atoms with Crippen molar-refractivity contribution in [2.45, 2.75) is 43.4 Å². The summed E-state index contributed by atoms with van der Waals surface area (Å²) in [6, 6.07) is 7.18. The van der Waals surface area contributed by atoms with Crippen molar-refractivity contribution in [3.05, 3.63) is 41.8 Å². The molecule has 0 radical (unpaired) electrons. The van der Waals surface area contributed by atoms with Gasteiger partial charge in [-0.25, -0.2) is 4.39 Å². The average Bonchev–Trinajstić information content (AvgIpc) is 2.90. The van der Waals surface area contributed by atoms with Crippen LogP contribution in [0.15, 0.2) is 33.7 Å². The van der Waals surface area contributed by atoms with Crippen molar-refractivity contribution in [2.24, 2.45) is 0 Å². The van der Waals surface area contributed by atoms with E-state index in [1.165, 1.54) is 17.8 Å². The predicted octanol–water partition coefficient (Wildman–Crippen LogP) is 3.43. The Morgan fingerprint density at radius 2 is 2.14 bits per heavy atom. The van der Waals surface area contributed by atoms with Gasteiger partial charge in [0.25, 0.3) is 0 Å². The Balaban J connectivity index is 1.77. The Kier molecular flexibility index (Phi) is 6.20. The van der Waals surface area contributed by atoms with Crippen LogP contribution < -0.4 is 5.32 Å². The Bertz CT molecular complexity index is 559. The highest BCUT2D eigenvalue weighted by molar-refractivity contribution is 7.98. The fraction of sp³-hybridized carbons (Fsp3) is 0.467. The molecule has 0 fully saturated rings. The lowest BCUT2D eigenvalue weighted by Gasteiger charge is -2.05. The Morgan fingerprint density at radius 1 is 1.33 bits per heavy atom. The molecule has 2 rings (SSSR count). The first kappa shape index (κ1) is 16.0. The van der Waals surface area contributed by atoms with Crippen LogP contribution in [0.3, 0.4) is 0 Å². The minimum absolute atomic E-state index is 0.217. The zero-order valence-corrected chi connectivity index (χ0v) is 13.1. The maximum Gasteiger partial charge on any atom is 0.226 e. The van der Waals surface area contributed by atoms with Gasteiger partial charge < -0.3 is 9.84 Å². The van der Waals surface area contributed by atoms with Gasteiger partial charge in [-0.05, 0) is 25.1 Å². The molecular formula is C15H20FN3OS. The molecule has 2 aromatic rings. The van der Waals surface area contributed by atoms with Gasteiger partial charge in [0.05, 0.1) is 5.75 Å². The molecule has 0 bridgehead atoms. The lowest BCUT2D eigenvalue weighted by atomic mass is 10.3. The van der Waals surface area contributed by atoms with E-state index in [4.69, 9.17) is 4.52 Å². The van der Waals surface area contributed by atoms with Gasteiger partial charge in [0, 0.05) is 17.4 Å². The van der Waals surface area contributed by atoms with Crippen LogP contribution in [0.4, 0.5) is 4.39 Å². The third-order valence-electron chi connectivity index (χ3n) is 2.82. The molecule has 0 unspecified atom stereocenters. The van der Waals surface area contributed by atoms with E-state index in [9.17, 15) is 4.39 Å². The van der Waals surface area contributed by atoms with Gasteiger partial charge in [-0.3, -0.25) is 0 Å². The first-order valence-electron chi connectivity index (χ1n) is 7.07. The van der Waals surface area contributed by atoms with E-state index >= 15 is 0 Å². The van der Waals surface area contributed by atoms with Crippen molar-refractivity contribution in [1.29, 1.82) is 0 Å². The Labute approximate surface area is 128 Å². The molecule has 1 aromatic carbocycles. The largest absolute Gasteiger partial charge is 0.339 e. The van der Waals surface area contributed by atoms with Crippen molar-refractivity contribution in [1.82, 2.24) is 15.5 Å². The smallest absolute Gasteiger partial charge is 0.226 e. The summed E-state index contributed by atoms with van der Waals surface area (Å²) in [7, 11) is 0. The minimum Gasteiger partial charge on any atom is -0.339 e. The van der Waals surface area contributed by atoms with Gasteiger partial charge in [0.2, 0.25) is 5.89 Å². The molecule has 4 nitrogen and oxygen atoms in total. The second-order valence-electron chi connectivity index (χ2n) is 5.04.